The summed E-state index contributed by atoms with van der Waals surface area (Å²) >= 11 is 0. The van der Waals surface area contributed by atoms with Crippen LogP contribution in [0.15, 0.2) is 53.1 Å². The SMILES string of the molecule is COc1cccc(NC(=O)N2CCN(Cc3noc(-c4ccc(C(F)(F)F)cc4)n3)CC2)c1. The maximum Gasteiger partial charge on any atom is 0.416 e. The van der Waals surface area contributed by atoms with Crippen molar-refractivity contribution in [1.29, 1.82) is 0 Å². The Morgan fingerprint density at radius 3 is 2.52 bits per heavy atom. The van der Waals surface area contributed by atoms with Gasteiger partial charge in [0.15, 0.2) is 5.82 Å². The number of methoxy groups -OCH3 is 1. The van der Waals surface area contributed by atoms with Crippen LogP contribution in [-0.2, 0) is 12.7 Å². The molecule has 11 heteroatoms. The molecule has 0 unspecified atom stereocenters. The molecule has 2 heterocycles. The molecule has 1 aliphatic rings. The van der Waals surface area contributed by atoms with E-state index in [2.05, 4.69) is 20.4 Å². The molecule has 4 rings (SSSR count). The number of nitrogens with one attached hydrogen (secondary N) is 1. The first-order valence-electron chi connectivity index (χ1n) is 10.2. The van der Waals surface area contributed by atoms with Gasteiger partial charge in [0.1, 0.15) is 5.75 Å². The molecular formula is C22H22F3N5O3. The molecular weight excluding hydrogens is 439 g/mol. The minimum absolute atomic E-state index is 0.162. The number of ether oxygens (including phenoxy) is 1. The lowest BCUT2D eigenvalue weighted by Crippen LogP contribution is -2.49. The van der Waals surface area contributed by atoms with Gasteiger partial charge in [-0.2, -0.15) is 18.2 Å². The number of benzene rings is 2. The molecule has 33 heavy (non-hydrogen) atoms. The smallest absolute Gasteiger partial charge is 0.416 e. The monoisotopic (exact) mass is 461 g/mol. The standard InChI is InChI=1S/C22H22F3N5O3/c1-32-18-4-2-3-17(13-18)26-21(31)30-11-9-29(10-12-30)14-19-27-20(33-28-19)15-5-7-16(8-6-15)22(23,24)25/h2-8,13H,9-12,14H2,1H3,(H,26,31). The Hall–Kier alpha value is -3.60. The summed E-state index contributed by atoms with van der Waals surface area (Å²) in [7, 11) is 1.57. The van der Waals surface area contributed by atoms with Crippen LogP contribution in [0, 0.1) is 0 Å². The second kappa shape index (κ2) is 9.49. The number of halogens is 3. The highest BCUT2D eigenvalue weighted by atomic mass is 19.4. The predicted molar refractivity (Wildman–Crippen MR) is 114 cm³/mol. The van der Waals surface area contributed by atoms with Crippen molar-refractivity contribution >= 4 is 11.7 Å². The lowest BCUT2D eigenvalue weighted by Gasteiger charge is -2.34. The highest BCUT2D eigenvalue weighted by Gasteiger charge is 2.30. The number of piperazine rings is 1. The zero-order chi connectivity index (χ0) is 23.4. The van der Waals surface area contributed by atoms with Gasteiger partial charge in [0, 0.05) is 43.5 Å². The van der Waals surface area contributed by atoms with Crippen molar-refractivity contribution in [3.05, 3.63) is 59.9 Å². The first kappa shape index (κ1) is 22.6. The van der Waals surface area contributed by atoms with E-state index in [0.29, 0.717) is 55.5 Å². The zero-order valence-electron chi connectivity index (χ0n) is 17.8. The number of aromatic nitrogens is 2. The average molecular weight is 461 g/mol. The van der Waals surface area contributed by atoms with Crippen molar-refractivity contribution in [3.63, 3.8) is 0 Å². The normalized spacial score (nSPS) is 14.8. The van der Waals surface area contributed by atoms with Gasteiger partial charge >= 0.3 is 12.2 Å². The summed E-state index contributed by atoms with van der Waals surface area (Å²) in [6.45, 7) is 2.71. The molecule has 2 amide bonds. The van der Waals surface area contributed by atoms with Gasteiger partial charge in [-0.15, -0.1) is 0 Å². The van der Waals surface area contributed by atoms with Gasteiger partial charge in [-0.1, -0.05) is 11.2 Å². The molecule has 0 atom stereocenters. The number of hydrogen-bond donors (Lipinski definition) is 1. The Balaban J connectivity index is 1.29. The summed E-state index contributed by atoms with van der Waals surface area (Å²) < 4.78 is 48.5. The molecule has 1 N–H and O–H groups in total. The minimum atomic E-state index is -4.40. The maximum absolute atomic E-state index is 12.7. The molecule has 0 spiro atoms. The Kier molecular flexibility index (Phi) is 6.50. The molecule has 1 aromatic heterocycles. The van der Waals surface area contributed by atoms with Crippen LogP contribution in [0.5, 0.6) is 5.75 Å². The highest BCUT2D eigenvalue weighted by Crippen LogP contribution is 2.30. The lowest BCUT2D eigenvalue weighted by atomic mass is 10.1. The van der Waals surface area contributed by atoms with Crippen LogP contribution in [0.4, 0.5) is 23.7 Å². The van der Waals surface area contributed by atoms with Crippen LogP contribution in [0.25, 0.3) is 11.5 Å². The van der Waals surface area contributed by atoms with Gasteiger partial charge in [0.05, 0.1) is 19.2 Å². The molecule has 1 saturated heterocycles. The molecule has 1 aliphatic heterocycles. The number of amides is 2. The topological polar surface area (TPSA) is 83.7 Å². The average Bonchev–Trinajstić information content (AvgIpc) is 3.27. The summed E-state index contributed by atoms with van der Waals surface area (Å²) in [5.74, 6) is 1.25. The van der Waals surface area contributed by atoms with E-state index in [9.17, 15) is 18.0 Å². The van der Waals surface area contributed by atoms with Crippen molar-refractivity contribution < 1.29 is 27.2 Å². The highest BCUT2D eigenvalue weighted by molar-refractivity contribution is 5.89. The van der Waals surface area contributed by atoms with Gasteiger partial charge in [-0.3, -0.25) is 4.90 Å². The van der Waals surface area contributed by atoms with Crippen molar-refractivity contribution in [1.82, 2.24) is 19.9 Å². The summed E-state index contributed by atoms with van der Waals surface area (Å²) in [5.41, 5.74) is 0.337. The van der Waals surface area contributed by atoms with Crippen LogP contribution in [0.2, 0.25) is 0 Å². The van der Waals surface area contributed by atoms with Crippen LogP contribution in [-0.4, -0.2) is 59.3 Å². The first-order valence-corrected chi connectivity index (χ1v) is 10.2. The summed E-state index contributed by atoms with van der Waals surface area (Å²) in [4.78, 5) is 20.6. The fourth-order valence-electron chi connectivity index (χ4n) is 3.45. The van der Waals surface area contributed by atoms with Gasteiger partial charge in [0.25, 0.3) is 5.89 Å². The number of anilines is 1. The van der Waals surface area contributed by atoms with Crippen molar-refractivity contribution in [2.24, 2.45) is 0 Å². The molecule has 2 aromatic carbocycles. The van der Waals surface area contributed by atoms with E-state index < -0.39 is 11.7 Å². The van der Waals surface area contributed by atoms with Gasteiger partial charge in [0.2, 0.25) is 0 Å². The summed E-state index contributed by atoms with van der Waals surface area (Å²) in [6.07, 6.45) is -4.40. The largest absolute Gasteiger partial charge is 0.497 e. The van der Waals surface area contributed by atoms with Crippen LogP contribution in [0.1, 0.15) is 11.4 Å². The summed E-state index contributed by atoms with van der Waals surface area (Å²) in [5, 5.41) is 6.79. The van der Waals surface area contributed by atoms with Crippen molar-refractivity contribution in [2.75, 3.05) is 38.6 Å². The molecule has 0 bridgehead atoms. The fourth-order valence-corrected chi connectivity index (χ4v) is 3.45. The van der Waals surface area contributed by atoms with Crippen LogP contribution in [0.3, 0.4) is 0 Å². The van der Waals surface area contributed by atoms with Gasteiger partial charge in [-0.05, 0) is 36.4 Å². The molecule has 8 nitrogen and oxygen atoms in total. The molecule has 174 valence electrons. The first-order chi connectivity index (χ1) is 15.8. The van der Waals surface area contributed by atoms with Crippen molar-refractivity contribution in [3.8, 4) is 17.2 Å². The Morgan fingerprint density at radius 2 is 1.85 bits per heavy atom. The number of carbonyl (C=O) groups excluding carboxylic acids is 1. The molecule has 0 radical (unpaired) electrons. The lowest BCUT2D eigenvalue weighted by molar-refractivity contribution is -0.137. The van der Waals surface area contributed by atoms with Crippen molar-refractivity contribution in [2.45, 2.75) is 12.7 Å². The third kappa shape index (κ3) is 5.61. The van der Waals surface area contributed by atoms with E-state index in [1.807, 2.05) is 0 Å². The summed E-state index contributed by atoms with van der Waals surface area (Å²) in [6, 6.07) is 11.5. The number of carbonyl (C=O) groups is 1. The number of hydrogen-bond acceptors (Lipinski definition) is 6. The Bertz CT molecular complexity index is 1090. The Labute approximate surface area is 187 Å². The molecule has 3 aromatic rings. The fraction of sp³-hybridized carbons (Fsp3) is 0.318. The number of urea groups is 1. The van der Waals surface area contributed by atoms with E-state index in [-0.39, 0.29) is 11.9 Å². The second-order valence-corrected chi connectivity index (χ2v) is 7.52. The van der Waals surface area contributed by atoms with E-state index in [4.69, 9.17) is 9.26 Å². The van der Waals surface area contributed by atoms with E-state index in [1.54, 1.807) is 36.3 Å². The quantitative estimate of drug-likeness (QED) is 0.616. The van der Waals surface area contributed by atoms with Crippen LogP contribution >= 0.6 is 0 Å². The van der Waals surface area contributed by atoms with Crippen LogP contribution < -0.4 is 10.1 Å². The Morgan fingerprint density at radius 1 is 1.12 bits per heavy atom. The maximum atomic E-state index is 12.7. The van der Waals surface area contributed by atoms with Gasteiger partial charge < -0.3 is 19.5 Å². The molecule has 1 fully saturated rings. The third-order valence-electron chi connectivity index (χ3n) is 5.27. The second-order valence-electron chi connectivity index (χ2n) is 7.52. The van der Waals surface area contributed by atoms with E-state index in [0.717, 1.165) is 12.1 Å². The third-order valence-corrected chi connectivity index (χ3v) is 5.27. The van der Waals surface area contributed by atoms with E-state index >= 15 is 0 Å². The van der Waals surface area contributed by atoms with Gasteiger partial charge in [-0.25, -0.2) is 4.79 Å². The molecule has 0 saturated carbocycles. The minimum Gasteiger partial charge on any atom is -0.497 e. The number of rotatable bonds is 5. The molecule has 0 aliphatic carbocycles. The van der Waals surface area contributed by atoms with E-state index in [1.165, 1.54) is 12.1 Å². The number of alkyl halides is 3. The zero-order valence-corrected chi connectivity index (χ0v) is 17.8. The number of nitrogens with zero attached hydrogens (tertiary/aromatic N) is 4. The predicted octanol–water partition coefficient (Wildman–Crippen LogP) is 4.11.